The van der Waals surface area contributed by atoms with E-state index in [2.05, 4.69) is 5.32 Å². The van der Waals surface area contributed by atoms with Gasteiger partial charge < -0.3 is 19.9 Å². The minimum absolute atomic E-state index is 0.126. The number of hydrogen-bond acceptors (Lipinski definition) is 4. The number of carbonyl (C=O) groups is 2. The summed E-state index contributed by atoms with van der Waals surface area (Å²) >= 11 is 0. The highest BCUT2D eigenvalue weighted by molar-refractivity contribution is 5.71. The topological polar surface area (TPSA) is 84.9 Å². The zero-order valence-electron chi connectivity index (χ0n) is 14.0. The predicted molar refractivity (Wildman–Crippen MR) is 86.1 cm³/mol. The standard InChI is InChI=1S/C17H25NO5/c1-12(23-17(2,3)4)14(10-15(19)20)18-16(21)22-11-13-8-6-5-7-9-13/h5-9,12,14H,10-11H2,1-4H3,(H,18,21)(H,19,20)/t12-,14-/m1/s1. The molecular weight excluding hydrogens is 298 g/mol. The fourth-order valence-electron chi connectivity index (χ4n) is 2.08. The van der Waals surface area contributed by atoms with Gasteiger partial charge in [-0.15, -0.1) is 0 Å². The molecular formula is C17H25NO5. The first kappa shape index (κ1) is 19.0. The van der Waals surface area contributed by atoms with Crippen LogP contribution in [0.3, 0.4) is 0 Å². The Balaban J connectivity index is 2.58. The average Bonchev–Trinajstić information content (AvgIpc) is 2.43. The highest BCUT2D eigenvalue weighted by Gasteiger charge is 2.27. The summed E-state index contributed by atoms with van der Waals surface area (Å²) in [5, 5.41) is 11.6. The molecule has 1 aromatic rings. The van der Waals surface area contributed by atoms with Crippen molar-refractivity contribution in [2.75, 3.05) is 0 Å². The van der Waals surface area contributed by atoms with Crippen molar-refractivity contribution in [3.8, 4) is 0 Å². The third-order valence-electron chi connectivity index (χ3n) is 3.02. The Morgan fingerprint density at radius 3 is 2.35 bits per heavy atom. The molecule has 1 aromatic carbocycles. The Bertz CT molecular complexity index is 509. The Morgan fingerprint density at radius 2 is 1.83 bits per heavy atom. The molecule has 0 heterocycles. The van der Waals surface area contributed by atoms with Crippen molar-refractivity contribution in [2.45, 2.75) is 58.5 Å². The molecule has 0 bridgehead atoms. The van der Waals surface area contributed by atoms with Gasteiger partial charge >= 0.3 is 12.1 Å². The van der Waals surface area contributed by atoms with E-state index in [1.54, 1.807) is 6.92 Å². The van der Waals surface area contributed by atoms with E-state index < -0.39 is 29.8 Å². The van der Waals surface area contributed by atoms with Gasteiger partial charge in [0.05, 0.1) is 24.2 Å². The number of benzene rings is 1. The van der Waals surface area contributed by atoms with Gasteiger partial charge in [-0.25, -0.2) is 4.79 Å². The van der Waals surface area contributed by atoms with Crippen LogP contribution in [0.15, 0.2) is 30.3 Å². The Morgan fingerprint density at radius 1 is 1.22 bits per heavy atom. The molecule has 0 spiro atoms. The maximum Gasteiger partial charge on any atom is 0.407 e. The number of rotatable bonds is 7. The van der Waals surface area contributed by atoms with E-state index >= 15 is 0 Å². The number of hydrogen-bond donors (Lipinski definition) is 2. The van der Waals surface area contributed by atoms with Gasteiger partial charge in [0.2, 0.25) is 0 Å². The second-order valence-electron chi connectivity index (χ2n) is 6.35. The SMILES string of the molecule is C[C@@H](OC(C)(C)C)[C@@H](CC(=O)O)NC(=O)OCc1ccccc1. The van der Waals surface area contributed by atoms with E-state index in [0.29, 0.717) is 0 Å². The average molecular weight is 323 g/mol. The Labute approximate surface area is 136 Å². The van der Waals surface area contributed by atoms with Crippen LogP contribution in [0.25, 0.3) is 0 Å². The van der Waals surface area contributed by atoms with Crippen LogP contribution in [-0.2, 0) is 20.9 Å². The normalized spacial score (nSPS) is 13.9. The van der Waals surface area contributed by atoms with E-state index in [9.17, 15) is 9.59 Å². The van der Waals surface area contributed by atoms with Gasteiger partial charge in [0, 0.05) is 0 Å². The van der Waals surface area contributed by atoms with E-state index in [4.69, 9.17) is 14.6 Å². The highest BCUT2D eigenvalue weighted by Crippen LogP contribution is 2.15. The molecule has 0 aliphatic carbocycles. The van der Waals surface area contributed by atoms with E-state index in [1.807, 2.05) is 51.1 Å². The van der Waals surface area contributed by atoms with Crippen LogP contribution < -0.4 is 5.32 Å². The van der Waals surface area contributed by atoms with Gasteiger partial charge in [-0.2, -0.15) is 0 Å². The zero-order chi connectivity index (χ0) is 17.5. The number of carboxylic acid groups (broad SMARTS) is 1. The molecule has 2 atom stereocenters. The fraction of sp³-hybridized carbons (Fsp3) is 0.529. The van der Waals surface area contributed by atoms with Crippen LogP contribution >= 0.6 is 0 Å². The monoisotopic (exact) mass is 323 g/mol. The van der Waals surface area contributed by atoms with Gasteiger partial charge in [0.15, 0.2) is 0 Å². The lowest BCUT2D eigenvalue weighted by molar-refractivity contribution is -0.139. The molecule has 1 amide bonds. The maximum absolute atomic E-state index is 11.9. The minimum atomic E-state index is -1.01. The first-order valence-electron chi connectivity index (χ1n) is 7.54. The molecule has 0 radical (unpaired) electrons. The number of ether oxygens (including phenoxy) is 2. The number of aliphatic carboxylic acids is 1. The number of amides is 1. The van der Waals surface area contributed by atoms with Crippen molar-refractivity contribution in [1.29, 1.82) is 0 Å². The van der Waals surface area contributed by atoms with Gasteiger partial charge in [-0.1, -0.05) is 30.3 Å². The van der Waals surface area contributed by atoms with Crippen molar-refractivity contribution in [2.24, 2.45) is 0 Å². The summed E-state index contributed by atoms with van der Waals surface area (Å²) in [5.41, 5.74) is 0.419. The summed E-state index contributed by atoms with van der Waals surface area (Å²) in [4.78, 5) is 22.9. The summed E-state index contributed by atoms with van der Waals surface area (Å²) in [7, 11) is 0. The molecule has 0 aliphatic heterocycles. The van der Waals surface area contributed by atoms with Crippen LogP contribution in [0.5, 0.6) is 0 Å². The van der Waals surface area contributed by atoms with Crippen molar-refractivity contribution >= 4 is 12.1 Å². The fourth-order valence-corrected chi connectivity index (χ4v) is 2.08. The lowest BCUT2D eigenvalue weighted by Crippen LogP contribution is -2.47. The van der Waals surface area contributed by atoms with Crippen LogP contribution in [-0.4, -0.2) is 34.9 Å². The summed E-state index contributed by atoms with van der Waals surface area (Å²) in [6.07, 6.45) is -1.36. The van der Waals surface area contributed by atoms with Crippen molar-refractivity contribution < 1.29 is 24.2 Å². The summed E-state index contributed by atoms with van der Waals surface area (Å²) in [6.45, 7) is 7.47. The lowest BCUT2D eigenvalue weighted by atomic mass is 10.1. The maximum atomic E-state index is 11.9. The molecule has 23 heavy (non-hydrogen) atoms. The number of carboxylic acids is 1. The number of alkyl carbamates (subject to hydrolysis) is 1. The summed E-state index contributed by atoms with van der Waals surface area (Å²) in [5.74, 6) is -1.01. The lowest BCUT2D eigenvalue weighted by Gasteiger charge is -2.30. The molecule has 0 saturated heterocycles. The first-order valence-corrected chi connectivity index (χ1v) is 7.54. The van der Waals surface area contributed by atoms with Crippen LogP contribution in [0, 0.1) is 0 Å². The second kappa shape index (κ2) is 8.53. The van der Waals surface area contributed by atoms with Gasteiger partial charge in [-0.3, -0.25) is 4.79 Å². The smallest absolute Gasteiger partial charge is 0.407 e. The molecule has 6 heteroatoms. The minimum Gasteiger partial charge on any atom is -0.481 e. The molecule has 0 saturated carbocycles. The van der Waals surface area contributed by atoms with E-state index in [1.165, 1.54) is 0 Å². The van der Waals surface area contributed by atoms with Crippen molar-refractivity contribution in [1.82, 2.24) is 5.32 Å². The third-order valence-corrected chi connectivity index (χ3v) is 3.02. The van der Waals surface area contributed by atoms with Crippen molar-refractivity contribution in [3.05, 3.63) is 35.9 Å². The van der Waals surface area contributed by atoms with E-state index in [-0.39, 0.29) is 13.0 Å². The largest absolute Gasteiger partial charge is 0.481 e. The highest BCUT2D eigenvalue weighted by atomic mass is 16.5. The van der Waals surface area contributed by atoms with Crippen LogP contribution in [0.4, 0.5) is 4.79 Å². The molecule has 0 unspecified atom stereocenters. The van der Waals surface area contributed by atoms with Crippen molar-refractivity contribution in [3.63, 3.8) is 0 Å². The second-order valence-corrected chi connectivity index (χ2v) is 6.35. The van der Waals surface area contributed by atoms with Gasteiger partial charge in [-0.05, 0) is 33.3 Å². The first-order chi connectivity index (χ1) is 10.7. The van der Waals surface area contributed by atoms with E-state index in [0.717, 1.165) is 5.56 Å². The molecule has 1 rings (SSSR count). The third kappa shape index (κ3) is 8.21. The summed E-state index contributed by atoms with van der Waals surface area (Å²) in [6, 6.07) is 8.58. The van der Waals surface area contributed by atoms with Crippen LogP contribution in [0.1, 0.15) is 39.7 Å². The molecule has 6 nitrogen and oxygen atoms in total. The molecule has 2 N–H and O–H groups in total. The van der Waals surface area contributed by atoms with Gasteiger partial charge in [0.25, 0.3) is 0 Å². The number of carbonyl (C=O) groups excluding carboxylic acids is 1. The molecule has 0 aliphatic rings. The molecule has 128 valence electrons. The molecule has 0 fully saturated rings. The quantitative estimate of drug-likeness (QED) is 0.806. The Hall–Kier alpha value is -2.08. The van der Waals surface area contributed by atoms with Crippen LogP contribution in [0.2, 0.25) is 0 Å². The zero-order valence-corrected chi connectivity index (χ0v) is 14.0. The predicted octanol–water partition coefficient (Wildman–Crippen LogP) is 2.96. The number of nitrogens with one attached hydrogen (secondary N) is 1. The summed E-state index contributed by atoms with van der Waals surface area (Å²) < 4.78 is 10.9. The van der Waals surface area contributed by atoms with Gasteiger partial charge in [0.1, 0.15) is 6.61 Å². The Kier molecular flexibility index (Phi) is 7.03. The molecule has 0 aromatic heterocycles.